The summed E-state index contributed by atoms with van der Waals surface area (Å²) in [6.45, 7) is 12.1. The van der Waals surface area contributed by atoms with E-state index in [9.17, 15) is 4.79 Å². The van der Waals surface area contributed by atoms with E-state index < -0.39 is 18.4 Å². The molecule has 3 rings (SSSR count). The Morgan fingerprint density at radius 3 is 2.52 bits per heavy atom. The van der Waals surface area contributed by atoms with E-state index in [1.54, 1.807) is 6.07 Å². The molecule has 1 aromatic carbocycles. The standard InChI is InChI=1S/C18H16N3O2.3CH3.Sn/c1-13-10-15(12-17(20-13)21-6-8-23-9-7-21)18(22)14-4-3-5-16(11-14)19-2;;;;/h3,5,10-12H,6-9H2,1H3;3*1H3;. The first-order chi connectivity index (χ1) is 12.8. The van der Waals surface area contributed by atoms with Crippen molar-refractivity contribution in [2.24, 2.45) is 0 Å². The van der Waals surface area contributed by atoms with Crippen LogP contribution in [0.3, 0.4) is 0 Å². The van der Waals surface area contributed by atoms with Gasteiger partial charge in [-0.05, 0) is 0 Å². The molecular formula is C21H25N3O2Sn. The number of aromatic nitrogens is 1. The number of ether oxygens (including phenoxy) is 1. The molecule has 0 radical (unpaired) electrons. The van der Waals surface area contributed by atoms with Crippen molar-refractivity contribution in [2.45, 2.75) is 21.7 Å². The molecule has 1 fully saturated rings. The van der Waals surface area contributed by atoms with E-state index in [2.05, 4.69) is 29.5 Å². The Morgan fingerprint density at radius 1 is 1.19 bits per heavy atom. The molecule has 0 N–H and O–H groups in total. The molecule has 6 heteroatoms. The Morgan fingerprint density at radius 2 is 1.89 bits per heavy atom. The molecule has 0 amide bonds. The Kier molecular flexibility index (Phi) is 5.87. The number of carbonyl (C=O) groups is 1. The van der Waals surface area contributed by atoms with Crippen molar-refractivity contribution in [3.8, 4) is 0 Å². The van der Waals surface area contributed by atoms with Crippen LogP contribution in [0, 0.1) is 13.5 Å². The minimum absolute atomic E-state index is 0.0119. The number of ketones is 1. The van der Waals surface area contributed by atoms with Gasteiger partial charge >= 0.3 is 165 Å². The number of benzene rings is 1. The molecular weight excluding hydrogens is 445 g/mol. The monoisotopic (exact) mass is 471 g/mol. The Balaban J connectivity index is 2.06. The van der Waals surface area contributed by atoms with Crippen molar-refractivity contribution in [1.82, 2.24) is 4.98 Å². The molecule has 0 aliphatic carbocycles. The molecule has 1 aliphatic heterocycles. The summed E-state index contributed by atoms with van der Waals surface area (Å²) in [5, 5.41) is 0. The van der Waals surface area contributed by atoms with Gasteiger partial charge in [-0.15, -0.1) is 0 Å². The zero-order valence-electron chi connectivity index (χ0n) is 16.4. The van der Waals surface area contributed by atoms with Gasteiger partial charge in [-0.25, -0.2) is 0 Å². The topological polar surface area (TPSA) is 46.8 Å². The molecule has 2 aromatic rings. The summed E-state index contributed by atoms with van der Waals surface area (Å²) in [6, 6.07) is 9.31. The van der Waals surface area contributed by atoms with Crippen LogP contribution in [-0.4, -0.2) is 55.4 Å². The van der Waals surface area contributed by atoms with E-state index in [0.717, 1.165) is 28.2 Å². The average Bonchev–Trinajstić information content (AvgIpc) is 2.66. The van der Waals surface area contributed by atoms with Gasteiger partial charge in [-0.3, -0.25) is 0 Å². The van der Waals surface area contributed by atoms with Gasteiger partial charge in [-0.2, -0.15) is 0 Å². The fourth-order valence-electron chi connectivity index (χ4n) is 3.34. The number of rotatable bonds is 4. The van der Waals surface area contributed by atoms with Crippen molar-refractivity contribution in [3.05, 3.63) is 58.6 Å². The van der Waals surface area contributed by atoms with E-state index >= 15 is 0 Å². The second-order valence-electron chi connectivity index (χ2n) is 7.88. The predicted molar refractivity (Wildman–Crippen MR) is 111 cm³/mol. The van der Waals surface area contributed by atoms with Crippen LogP contribution in [0.15, 0.2) is 30.3 Å². The van der Waals surface area contributed by atoms with E-state index in [1.807, 2.05) is 31.2 Å². The van der Waals surface area contributed by atoms with Crippen LogP contribution in [0.25, 0.3) is 4.85 Å². The first kappa shape index (κ1) is 19.8. The third kappa shape index (κ3) is 4.50. The summed E-state index contributed by atoms with van der Waals surface area (Å²) in [7, 11) is 0. The molecule has 1 saturated heterocycles. The van der Waals surface area contributed by atoms with Crippen molar-refractivity contribution < 1.29 is 9.53 Å². The fraction of sp³-hybridized carbons (Fsp3) is 0.381. The van der Waals surface area contributed by atoms with Crippen LogP contribution in [0.2, 0.25) is 14.8 Å². The number of morpholine rings is 1. The van der Waals surface area contributed by atoms with Gasteiger partial charge in [0.15, 0.2) is 0 Å². The predicted octanol–water partition coefficient (Wildman–Crippen LogP) is 3.55. The van der Waals surface area contributed by atoms with Gasteiger partial charge in [0.2, 0.25) is 0 Å². The van der Waals surface area contributed by atoms with Gasteiger partial charge in [-0.1, -0.05) is 0 Å². The second-order valence-corrected chi connectivity index (χ2v) is 22.3. The molecule has 0 spiro atoms. The molecule has 140 valence electrons. The number of hydrogen-bond donors (Lipinski definition) is 0. The van der Waals surface area contributed by atoms with Gasteiger partial charge in [0.05, 0.1) is 0 Å². The Labute approximate surface area is 165 Å². The second kappa shape index (κ2) is 7.99. The summed E-state index contributed by atoms with van der Waals surface area (Å²) in [5.41, 5.74) is 2.66. The summed E-state index contributed by atoms with van der Waals surface area (Å²) in [5.74, 6) is 0.811. The molecule has 1 aliphatic rings. The van der Waals surface area contributed by atoms with Crippen molar-refractivity contribution >= 4 is 39.2 Å². The number of hydrogen-bond acceptors (Lipinski definition) is 4. The Hall–Kier alpha value is -1.91. The summed E-state index contributed by atoms with van der Waals surface area (Å²) < 4.78 is 6.58. The van der Waals surface area contributed by atoms with Crippen molar-refractivity contribution in [3.63, 3.8) is 0 Å². The quantitative estimate of drug-likeness (QED) is 0.390. The maximum absolute atomic E-state index is 13.4. The number of anilines is 1. The third-order valence-corrected chi connectivity index (χ3v) is 10.6. The fourth-order valence-corrected chi connectivity index (χ4v) is 7.84. The molecule has 0 saturated carbocycles. The Bertz CT molecular complexity index is 907. The molecule has 1 aromatic heterocycles. The summed E-state index contributed by atoms with van der Waals surface area (Å²) >= 11 is -2.52. The first-order valence-electron chi connectivity index (χ1n) is 9.17. The molecule has 0 atom stereocenters. The molecule has 5 nitrogen and oxygen atoms in total. The summed E-state index contributed by atoms with van der Waals surface area (Å²) in [4.78, 5) is 30.6. The van der Waals surface area contributed by atoms with Crippen LogP contribution < -0.4 is 8.48 Å². The zero-order valence-corrected chi connectivity index (χ0v) is 19.2. The molecule has 27 heavy (non-hydrogen) atoms. The van der Waals surface area contributed by atoms with Gasteiger partial charge in [0.25, 0.3) is 0 Å². The van der Waals surface area contributed by atoms with Crippen LogP contribution in [0.1, 0.15) is 21.6 Å². The van der Waals surface area contributed by atoms with Gasteiger partial charge in [0.1, 0.15) is 0 Å². The average molecular weight is 470 g/mol. The van der Waals surface area contributed by atoms with Crippen LogP contribution in [-0.2, 0) is 4.74 Å². The van der Waals surface area contributed by atoms with E-state index in [0.29, 0.717) is 30.0 Å². The third-order valence-electron chi connectivity index (χ3n) is 4.72. The summed E-state index contributed by atoms with van der Waals surface area (Å²) in [6.07, 6.45) is 0. The minimum atomic E-state index is -2.52. The van der Waals surface area contributed by atoms with E-state index in [-0.39, 0.29) is 5.78 Å². The number of pyridine rings is 1. The van der Waals surface area contributed by atoms with Gasteiger partial charge in [0, 0.05) is 0 Å². The molecule has 2 heterocycles. The normalized spacial score (nSPS) is 14.7. The SMILES string of the molecule is [C-]#[N+]c1cc[c]([Sn]([CH3])([CH3])[CH3])c(C(=O)c2cc(C)nc(N3CCOCC3)c2)c1. The number of carbonyl (C=O) groups excluding carboxylic acids is 1. The molecule has 0 bridgehead atoms. The maximum atomic E-state index is 13.4. The van der Waals surface area contributed by atoms with Crippen molar-refractivity contribution in [1.29, 1.82) is 0 Å². The van der Waals surface area contributed by atoms with Crippen LogP contribution in [0.4, 0.5) is 11.5 Å². The molecule has 0 unspecified atom stereocenters. The number of nitrogens with zero attached hydrogens (tertiary/aromatic N) is 3. The van der Waals surface area contributed by atoms with Gasteiger partial charge < -0.3 is 0 Å². The van der Waals surface area contributed by atoms with E-state index in [4.69, 9.17) is 11.3 Å². The zero-order chi connectivity index (χ0) is 19.6. The van der Waals surface area contributed by atoms with Crippen molar-refractivity contribution in [2.75, 3.05) is 31.2 Å². The first-order valence-corrected chi connectivity index (χ1v) is 19.2. The number of aryl methyl sites for hydroxylation is 1. The van der Waals surface area contributed by atoms with Crippen LogP contribution >= 0.6 is 0 Å². The van der Waals surface area contributed by atoms with Crippen LogP contribution in [0.5, 0.6) is 0 Å². The van der Waals surface area contributed by atoms with E-state index in [1.165, 1.54) is 0 Å².